The van der Waals surface area contributed by atoms with Crippen molar-refractivity contribution in [2.45, 2.75) is 33.1 Å². The molecule has 0 spiro atoms. The monoisotopic (exact) mass is 396 g/mol. The van der Waals surface area contributed by atoms with Crippen molar-refractivity contribution in [3.8, 4) is 11.5 Å². The van der Waals surface area contributed by atoms with Crippen LogP contribution >= 0.6 is 23.8 Å². The number of hydrogen-bond donors (Lipinski definition) is 1. The first-order valence-electron chi connectivity index (χ1n) is 7.96. The standard InChI is InChI=1S/C17H21ClN4O3S/c1-6-25-13-11(18)7-10(8-12(13)24-5)9-19-22-15(23)14(17(2,3)4)20-21-16(22)26/h7-9H,6H2,1-5H3,(H,21,26)/b19-9-. The van der Waals surface area contributed by atoms with E-state index in [0.29, 0.717) is 34.4 Å². The van der Waals surface area contributed by atoms with Crippen LogP contribution < -0.4 is 15.0 Å². The van der Waals surface area contributed by atoms with Gasteiger partial charge in [-0.3, -0.25) is 9.89 Å². The summed E-state index contributed by atoms with van der Waals surface area (Å²) in [4.78, 5) is 12.6. The lowest BCUT2D eigenvalue weighted by molar-refractivity contribution is 0.311. The van der Waals surface area contributed by atoms with Crippen LogP contribution in [0.25, 0.3) is 0 Å². The molecule has 1 N–H and O–H groups in total. The first-order chi connectivity index (χ1) is 12.2. The van der Waals surface area contributed by atoms with Crippen molar-refractivity contribution in [2.24, 2.45) is 5.10 Å². The zero-order chi connectivity index (χ0) is 19.5. The van der Waals surface area contributed by atoms with Crippen molar-refractivity contribution in [1.82, 2.24) is 14.9 Å². The Hall–Kier alpha value is -2.19. The summed E-state index contributed by atoms with van der Waals surface area (Å²) < 4.78 is 12.0. The Morgan fingerprint density at radius 2 is 2.12 bits per heavy atom. The molecule has 0 unspecified atom stereocenters. The highest BCUT2D eigenvalue weighted by Gasteiger charge is 2.21. The van der Waals surface area contributed by atoms with Gasteiger partial charge in [-0.25, -0.2) is 0 Å². The predicted molar refractivity (Wildman–Crippen MR) is 105 cm³/mol. The maximum atomic E-state index is 12.6. The van der Waals surface area contributed by atoms with E-state index in [2.05, 4.69) is 15.3 Å². The number of nitrogens with zero attached hydrogens (tertiary/aromatic N) is 3. The maximum absolute atomic E-state index is 12.6. The molecule has 0 fully saturated rings. The van der Waals surface area contributed by atoms with Crippen molar-refractivity contribution in [2.75, 3.05) is 13.7 Å². The molecule has 2 aromatic rings. The fraction of sp³-hybridized carbons (Fsp3) is 0.412. The van der Waals surface area contributed by atoms with E-state index in [0.717, 1.165) is 4.68 Å². The summed E-state index contributed by atoms with van der Waals surface area (Å²) in [5, 5.41) is 11.3. The summed E-state index contributed by atoms with van der Waals surface area (Å²) >= 11 is 11.4. The van der Waals surface area contributed by atoms with Crippen molar-refractivity contribution in [1.29, 1.82) is 0 Å². The Bertz CT molecular complexity index is 944. The van der Waals surface area contributed by atoms with Gasteiger partial charge in [0.2, 0.25) is 4.77 Å². The van der Waals surface area contributed by atoms with E-state index in [1.165, 1.54) is 13.3 Å². The Kier molecular flexibility index (Phi) is 6.20. The number of aromatic amines is 1. The van der Waals surface area contributed by atoms with Gasteiger partial charge in [-0.1, -0.05) is 32.4 Å². The van der Waals surface area contributed by atoms with Gasteiger partial charge in [-0.05, 0) is 36.8 Å². The van der Waals surface area contributed by atoms with Crippen LogP contribution in [-0.4, -0.2) is 34.8 Å². The summed E-state index contributed by atoms with van der Waals surface area (Å²) in [7, 11) is 1.52. The van der Waals surface area contributed by atoms with Gasteiger partial charge in [0.15, 0.2) is 11.5 Å². The zero-order valence-corrected chi connectivity index (χ0v) is 16.9. The second kappa shape index (κ2) is 8.01. The van der Waals surface area contributed by atoms with Crippen LogP contribution in [0.1, 0.15) is 39.0 Å². The van der Waals surface area contributed by atoms with Crippen LogP contribution in [0.15, 0.2) is 22.0 Å². The molecule has 0 saturated carbocycles. The van der Waals surface area contributed by atoms with Crippen molar-refractivity contribution in [3.63, 3.8) is 0 Å². The van der Waals surface area contributed by atoms with E-state index in [9.17, 15) is 4.79 Å². The average molecular weight is 397 g/mol. The number of aromatic nitrogens is 3. The normalized spacial score (nSPS) is 11.8. The fourth-order valence-electron chi connectivity index (χ4n) is 2.21. The molecule has 0 bridgehead atoms. The number of hydrogen-bond acceptors (Lipinski definition) is 6. The zero-order valence-electron chi connectivity index (χ0n) is 15.3. The van der Waals surface area contributed by atoms with E-state index in [1.54, 1.807) is 12.1 Å². The largest absolute Gasteiger partial charge is 0.493 e. The lowest BCUT2D eigenvalue weighted by atomic mass is 9.93. The van der Waals surface area contributed by atoms with E-state index in [4.69, 9.17) is 33.3 Å². The van der Waals surface area contributed by atoms with Crippen molar-refractivity contribution in [3.05, 3.63) is 43.5 Å². The Morgan fingerprint density at radius 1 is 1.42 bits per heavy atom. The minimum Gasteiger partial charge on any atom is -0.493 e. The van der Waals surface area contributed by atoms with Gasteiger partial charge in [0.1, 0.15) is 5.69 Å². The third-order valence-corrected chi connectivity index (χ3v) is 3.97. The number of nitrogens with one attached hydrogen (secondary N) is 1. The number of halogens is 1. The highest BCUT2D eigenvalue weighted by Crippen LogP contribution is 2.36. The molecule has 0 radical (unpaired) electrons. The van der Waals surface area contributed by atoms with Crippen LogP contribution in [0.4, 0.5) is 0 Å². The molecule has 140 valence electrons. The Morgan fingerprint density at radius 3 is 2.69 bits per heavy atom. The van der Waals surface area contributed by atoms with E-state index in [1.807, 2.05) is 27.7 Å². The third-order valence-electron chi connectivity index (χ3n) is 3.42. The van der Waals surface area contributed by atoms with Gasteiger partial charge in [-0.15, -0.1) is 0 Å². The molecular formula is C17H21ClN4O3S. The van der Waals surface area contributed by atoms with Crippen LogP contribution in [0.3, 0.4) is 0 Å². The van der Waals surface area contributed by atoms with Crippen LogP contribution in [0.5, 0.6) is 11.5 Å². The molecule has 9 heteroatoms. The first-order valence-corrected chi connectivity index (χ1v) is 8.74. The van der Waals surface area contributed by atoms with E-state index < -0.39 is 5.41 Å². The van der Waals surface area contributed by atoms with Gasteiger partial charge in [0.25, 0.3) is 5.56 Å². The van der Waals surface area contributed by atoms with Crippen LogP contribution in [0, 0.1) is 4.77 Å². The number of H-pyrrole nitrogens is 1. The highest BCUT2D eigenvalue weighted by atomic mass is 35.5. The minimum atomic E-state index is -0.445. The highest BCUT2D eigenvalue weighted by molar-refractivity contribution is 7.71. The van der Waals surface area contributed by atoms with E-state index in [-0.39, 0.29) is 10.3 Å². The molecule has 0 aliphatic carbocycles. The van der Waals surface area contributed by atoms with Crippen molar-refractivity contribution < 1.29 is 9.47 Å². The molecule has 1 heterocycles. The molecule has 0 amide bonds. The number of benzene rings is 1. The average Bonchev–Trinajstić information content (AvgIpc) is 2.55. The van der Waals surface area contributed by atoms with Gasteiger partial charge >= 0.3 is 0 Å². The molecule has 2 rings (SSSR count). The van der Waals surface area contributed by atoms with Crippen LogP contribution in [0.2, 0.25) is 5.02 Å². The molecule has 0 aliphatic rings. The summed E-state index contributed by atoms with van der Waals surface area (Å²) in [6.45, 7) is 7.98. The molecule has 1 aromatic heterocycles. The summed E-state index contributed by atoms with van der Waals surface area (Å²) in [6, 6.07) is 3.38. The predicted octanol–water partition coefficient (Wildman–Crippen LogP) is 3.54. The maximum Gasteiger partial charge on any atom is 0.297 e. The molecule has 7 nitrogen and oxygen atoms in total. The summed E-state index contributed by atoms with van der Waals surface area (Å²) in [6.07, 6.45) is 1.47. The molecule has 26 heavy (non-hydrogen) atoms. The van der Waals surface area contributed by atoms with Gasteiger partial charge in [0.05, 0.1) is 25.0 Å². The summed E-state index contributed by atoms with van der Waals surface area (Å²) in [5.41, 5.74) is 0.150. The molecular weight excluding hydrogens is 376 g/mol. The molecule has 0 aliphatic heterocycles. The Balaban J connectivity index is 2.50. The second-order valence-corrected chi connectivity index (χ2v) is 7.25. The van der Waals surface area contributed by atoms with Gasteiger partial charge < -0.3 is 9.47 Å². The lowest BCUT2D eigenvalue weighted by Gasteiger charge is -2.16. The van der Waals surface area contributed by atoms with Gasteiger partial charge in [-0.2, -0.15) is 14.9 Å². The minimum absolute atomic E-state index is 0.100. The number of ether oxygens (including phenoxy) is 2. The second-order valence-electron chi connectivity index (χ2n) is 6.46. The molecule has 0 saturated heterocycles. The number of rotatable bonds is 5. The first kappa shape index (κ1) is 20.1. The topological polar surface area (TPSA) is 81.5 Å². The van der Waals surface area contributed by atoms with Crippen LogP contribution in [-0.2, 0) is 5.41 Å². The molecule has 1 aromatic carbocycles. The third kappa shape index (κ3) is 4.31. The molecule has 0 atom stereocenters. The Labute approximate surface area is 161 Å². The number of methoxy groups -OCH3 is 1. The lowest BCUT2D eigenvalue weighted by Crippen LogP contribution is -2.32. The smallest absolute Gasteiger partial charge is 0.297 e. The van der Waals surface area contributed by atoms with E-state index >= 15 is 0 Å². The SMILES string of the molecule is CCOc1c(Cl)cc(/C=N\n2c(=S)[nH]nc(C(C)(C)C)c2=O)cc1OC. The van der Waals surface area contributed by atoms with Gasteiger partial charge in [0, 0.05) is 5.41 Å². The fourth-order valence-corrected chi connectivity index (χ4v) is 2.66. The summed E-state index contributed by atoms with van der Waals surface area (Å²) in [5.74, 6) is 0.936. The quantitative estimate of drug-likeness (QED) is 0.617. The van der Waals surface area contributed by atoms with Crippen molar-refractivity contribution >= 4 is 30.0 Å².